The van der Waals surface area contributed by atoms with Gasteiger partial charge in [-0.2, -0.15) is 5.10 Å². The summed E-state index contributed by atoms with van der Waals surface area (Å²) in [6.07, 6.45) is 1.51. The summed E-state index contributed by atoms with van der Waals surface area (Å²) in [7, 11) is 1.62. The monoisotopic (exact) mass is 292 g/mol. The molecule has 2 rings (SSSR count). The number of ether oxygens (including phenoxy) is 1. The molecule has 0 atom stereocenters. The highest BCUT2D eigenvalue weighted by Gasteiger charge is 2.13. The van der Waals surface area contributed by atoms with Crippen molar-refractivity contribution in [3.8, 4) is 5.69 Å². The smallest absolute Gasteiger partial charge is 0.269 e. The quantitative estimate of drug-likeness (QED) is 0.741. The number of hydrogen-bond acceptors (Lipinski definition) is 4. The molecule has 3 N–H and O–H groups in total. The average Bonchev–Trinajstić information content (AvgIpc) is 2.93. The molecule has 1 amide bonds. The zero-order chi connectivity index (χ0) is 15.2. The first kappa shape index (κ1) is 15.1. The van der Waals surface area contributed by atoms with Gasteiger partial charge in [0.25, 0.3) is 5.91 Å². The zero-order valence-electron chi connectivity index (χ0n) is 11.7. The number of rotatable bonds is 7. The third-order valence-electron chi connectivity index (χ3n) is 2.94. The van der Waals surface area contributed by atoms with Gasteiger partial charge < -0.3 is 15.8 Å². The number of nitrogens with two attached hydrogens (primary N) is 1. The van der Waals surface area contributed by atoms with E-state index in [0.29, 0.717) is 25.4 Å². The Balaban J connectivity index is 2.26. The number of nitrogens with zero attached hydrogens (tertiary/aromatic N) is 2. The van der Waals surface area contributed by atoms with Crippen LogP contribution in [0.25, 0.3) is 5.69 Å². The Morgan fingerprint density at radius 2 is 2.29 bits per heavy atom. The molecule has 0 aliphatic rings. The van der Waals surface area contributed by atoms with E-state index in [2.05, 4.69) is 10.4 Å². The fourth-order valence-corrected chi connectivity index (χ4v) is 1.94. The molecule has 21 heavy (non-hydrogen) atoms. The maximum absolute atomic E-state index is 14.1. The highest BCUT2D eigenvalue weighted by molar-refractivity contribution is 5.90. The molecule has 1 aromatic carbocycles. The number of aromatic nitrogens is 2. The zero-order valence-corrected chi connectivity index (χ0v) is 11.7. The summed E-state index contributed by atoms with van der Waals surface area (Å²) in [6.45, 7) is 1.68. The van der Waals surface area contributed by atoms with Crippen LogP contribution in [-0.2, 0) is 11.3 Å². The van der Waals surface area contributed by atoms with Crippen molar-refractivity contribution >= 4 is 5.91 Å². The van der Waals surface area contributed by atoms with E-state index in [1.165, 1.54) is 23.0 Å². The molecule has 0 saturated carbocycles. The first-order valence-electron chi connectivity index (χ1n) is 6.46. The Kier molecular flexibility index (Phi) is 5.02. The lowest BCUT2D eigenvalue weighted by Crippen LogP contribution is -2.20. The predicted octanol–water partition coefficient (Wildman–Crippen LogP) is 0.846. The Morgan fingerprint density at radius 3 is 2.95 bits per heavy atom. The van der Waals surface area contributed by atoms with E-state index in [1.807, 2.05) is 0 Å². The molecule has 0 bridgehead atoms. The van der Waals surface area contributed by atoms with E-state index in [4.69, 9.17) is 10.5 Å². The molecule has 112 valence electrons. The summed E-state index contributed by atoms with van der Waals surface area (Å²) in [5, 5.41) is 7.14. The number of methoxy groups -OCH3 is 1. The summed E-state index contributed by atoms with van der Waals surface area (Å²) in [5.74, 6) is -1.06. The summed E-state index contributed by atoms with van der Waals surface area (Å²) < 4.78 is 20.4. The van der Waals surface area contributed by atoms with Gasteiger partial charge in [0.1, 0.15) is 17.2 Å². The second kappa shape index (κ2) is 6.96. The van der Waals surface area contributed by atoms with E-state index in [1.54, 1.807) is 19.2 Å². The molecule has 1 heterocycles. The van der Waals surface area contributed by atoms with E-state index < -0.39 is 11.7 Å². The van der Waals surface area contributed by atoms with E-state index in [-0.39, 0.29) is 5.69 Å². The fourth-order valence-electron chi connectivity index (χ4n) is 1.94. The van der Waals surface area contributed by atoms with Crippen LogP contribution in [0.5, 0.6) is 0 Å². The molecule has 0 spiro atoms. The molecule has 0 aliphatic heterocycles. The number of para-hydroxylation sites is 1. The molecule has 0 fully saturated rings. The van der Waals surface area contributed by atoms with Crippen LogP contribution in [0.1, 0.15) is 16.1 Å². The minimum Gasteiger partial charge on any atom is -0.383 e. The summed E-state index contributed by atoms with van der Waals surface area (Å²) in [6, 6.07) is 6.23. The lowest BCUT2D eigenvalue weighted by Gasteiger charge is -2.11. The third kappa shape index (κ3) is 3.65. The van der Waals surface area contributed by atoms with Crippen molar-refractivity contribution in [2.45, 2.75) is 6.54 Å². The second-order valence-corrected chi connectivity index (χ2v) is 4.43. The summed E-state index contributed by atoms with van der Waals surface area (Å²) >= 11 is 0. The Labute approximate surface area is 121 Å². The number of nitrogens with one attached hydrogen (secondary N) is 1. The van der Waals surface area contributed by atoms with Gasteiger partial charge in [-0.1, -0.05) is 12.1 Å². The fraction of sp³-hybridized carbons (Fsp3) is 0.286. The van der Waals surface area contributed by atoms with Crippen LogP contribution in [-0.4, -0.2) is 35.9 Å². The first-order chi connectivity index (χ1) is 10.1. The molecule has 1 aromatic heterocycles. The number of benzene rings is 1. The van der Waals surface area contributed by atoms with Gasteiger partial charge in [0, 0.05) is 26.4 Å². The lowest BCUT2D eigenvalue weighted by molar-refractivity contribution is 0.0995. The van der Waals surface area contributed by atoms with Crippen molar-refractivity contribution in [2.24, 2.45) is 5.73 Å². The molecule has 6 nitrogen and oxygen atoms in total. The van der Waals surface area contributed by atoms with Crippen molar-refractivity contribution in [1.82, 2.24) is 15.1 Å². The van der Waals surface area contributed by atoms with Crippen LogP contribution in [0.15, 0.2) is 30.5 Å². The van der Waals surface area contributed by atoms with Crippen molar-refractivity contribution in [1.29, 1.82) is 0 Å². The molecule has 0 unspecified atom stereocenters. The number of carbonyl (C=O) groups is 1. The largest absolute Gasteiger partial charge is 0.383 e. The SMILES string of the molecule is COCCNCc1cccc(F)c1-n1ccc(C(N)=O)n1. The van der Waals surface area contributed by atoms with Crippen LogP contribution >= 0.6 is 0 Å². The normalized spacial score (nSPS) is 10.8. The van der Waals surface area contributed by atoms with Crippen molar-refractivity contribution in [3.63, 3.8) is 0 Å². The molecule has 7 heteroatoms. The minimum atomic E-state index is -0.648. The number of amides is 1. The Morgan fingerprint density at radius 1 is 1.48 bits per heavy atom. The van der Waals surface area contributed by atoms with Gasteiger partial charge in [-0.3, -0.25) is 4.79 Å². The number of carbonyl (C=O) groups excluding carboxylic acids is 1. The lowest BCUT2D eigenvalue weighted by atomic mass is 10.1. The summed E-state index contributed by atoms with van der Waals surface area (Å²) in [5.41, 5.74) is 6.28. The highest BCUT2D eigenvalue weighted by atomic mass is 19.1. The maximum Gasteiger partial charge on any atom is 0.269 e. The van der Waals surface area contributed by atoms with Crippen molar-refractivity contribution < 1.29 is 13.9 Å². The predicted molar refractivity (Wildman–Crippen MR) is 75.6 cm³/mol. The van der Waals surface area contributed by atoms with Gasteiger partial charge in [-0.25, -0.2) is 9.07 Å². The molecule has 0 aliphatic carbocycles. The van der Waals surface area contributed by atoms with Gasteiger partial charge in [0.15, 0.2) is 0 Å². The van der Waals surface area contributed by atoms with Gasteiger partial charge >= 0.3 is 0 Å². The van der Waals surface area contributed by atoms with E-state index in [9.17, 15) is 9.18 Å². The first-order valence-corrected chi connectivity index (χ1v) is 6.46. The molecular weight excluding hydrogens is 275 g/mol. The molecular formula is C14H17FN4O2. The van der Waals surface area contributed by atoms with Gasteiger partial charge in [-0.05, 0) is 17.7 Å². The number of primary amides is 1. The van der Waals surface area contributed by atoms with Gasteiger partial charge in [-0.15, -0.1) is 0 Å². The molecule has 2 aromatic rings. The second-order valence-electron chi connectivity index (χ2n) is 4.43. The van der Waals surface area contributed by atoms with Crippen LogP contribution in [0.2, 0.25) is 0 Å². The van der Waals surface area contributed by atoms with Crippen molar-refractivity contribution in [2.75, 3.05) is 20.3 Å². The van der Waals surface area contributed by atoms with Crippen LogP contribution in [0.4, 0.5) is 4.39 Å². The van der Waals surface area contributed by atoms with Gasteiger partial charge in [0.2, 0.25) is 0 Å². The maximum atomic E-state index is 14.1. The van der Waals surface area contributed by atoms with Crippen molar-refractivity contribution in [3.05, 3.63) is 47.5 Å². The Hall–Kier alpha value is -2.25. The number of hydrogen-bond donors (Lipinski definition) is 2. The minimum absolute atomic E-state index is 0.0940. The van der Waals surface area contributed by atoms with Crippen LogP contribution < -0.4 is 11.1 Å². The standard InChI is InChI=1S/C14H17FN4O2/c1-21-8-6-17-9-10-3-2-4-11(15)13(10)19-7-5-12(18-19)14(16)20/h2-5,7,17H,6,8-9H2,1H3,(H2,16,20). The Bertz CT molecular complexity index is 627. The van der Waals surface area contributed by atoms with Crippen LogP contribution in [0, 0.1) is 5.82 Å². The number of halogens is 1. The van der Waals surface area contributed by atoms with E-state index >= 15 is 0 Å². The highest BCUT2D eigenvalue weighted by Crippen LogP contribution is 2.18. The molecule has 0 radical (unpaired) electrons. The molecule has 0 saturated heterocycles. The third-order valence-corrected chi connectivity index (χ3v) is 2.94. The summed E-state index contributed by atoms with van der Waals surface area (Å²) in [4.78, 5) is 11.1. The van der Waals surface area contributed by atoms with Crippen LogP contribution in [0.3, 0.4) is 0 Å². The van der Waals surface area contributed by atoms with Gasteiger partial charge in [0.05, 0.1) is 6.61 Å². The topological polar surface area (TPSA) is 82.2 Å². The van der Waals surface area contributed by atoms with E-state index in [0.717, 1.165) is 5.56 Å². The average molecular weight is 292 g/mol.